The number of thiazole rings is 1. The van der Waals surface area contributed by atoms with E-state index >= 15 is 0 Å². The molecule has 1 fully saturated rings. The summed E-state index contributed by atoms with van der Waals surface area (Å²) in [6, 6.07) is 12.8. The lowest BCUT2D eigenvalue weighted by Gasteiger charge is -2.42. The van der Waals surface area contributed by atoms with E-state index in [4.69, 9.17) is 0 Å². The second-order valence-corrected chi connectivity index (χ2v) is 11.4. The third-order valence-corrected chi connectivity index (χ3v) is 8.73. The maximum absolute atomic E-state index is 14.1. The maximum Gasteiger partial charge on any atom is 0.263 e. The van der Waals surface area contributed by atoms with Gasteiger partial charge in [0.15, 0.2) is 5.13 Å². The van der Waals surface area contributed by atoms with Crippen LogP contribution in [0.2, 0.25) is 0 Å². The number of sulfonamides is 1. The fourth-order valence-corrected chi connectivity index (χ4v) is 6.44. The number of aromatic nitrogens is 2. The second kappa shape index (κ2) is 9.55. The summed E-state index contributed by atoms with van der Waals surface area (Å²) in [5.74, 6) is -0.315. The number of rotatable bonds is 6. The van der Waals surface area contributed by atoms with Gasteiger partial charge in [0.1, 0.15) is 11.9 Å². The number of hydrogen-bond donors (Lipinski definition) is 1. The van der Waals surface area contributed by atoms with Crippen molar-refractivity contribution in [3.05, 3.63) is 72.1 Å². The third-order valence-electron chi connectivity index (χ3n) is 6.56. The van der Waals surface area contributed by atoms with Crippen molar-refractivity contribution < 1.29 is 21.9 Å². The molecule has 3 heterocycles. The minimum absolute atomic E-state index is 0. The molecule has 2 aromatic carbocycles. The van der Waals surface area contributed by atoms with Crippen LogP contribution in [0.15, 0.2) is 71.2 Å². The molecule has 0 bridgehead atoms. The summed E-state index contributed by atoms with van der Waals surface area (Å²) in [4.78, 5) is 21.5. The molecule has 5 rings (SSSR count). The fourth-order valence-electron chi connectivity index (χ4n) is 4.65. The number of anilines is 2. The largest absolute Gasteiger partial charge is 0.368 e. The van der Waals surface area contributed by atoms with Crippen molar-refractivity contribution in [2.75, 3.05) is 29.3 Å². The SMILES string of the molecule is C[C@H](C(=O)N1CCN(c2ccc(S(=O)(=O)Nc3nccs3)cc2)C[C@@H]1C)n1ccc2c(F)cccc21.[HH].[HH].[HH]. The Bertz CT molecular complexity index is 1500. The van der Waals surface area contributed by atoms with Gasteiger partial charge in [-0.05, 0) is 56.3 Å². The Morgan fingerprint density at radius 3 is 2.67 bits per heavy atom. The lowest BCUT2D eigenvalue weighted by atomic mass is 10.1. The summed E-state index contributed by atoms with van der Waals surface area (Å²) in [6.45, 7) is 5.60. The number of benzene rings is 2. The molecular formula is C25H32FN5O3S2. The van der Waals surface area contributed by atoms with Crippen LogP contribution in [0.1, 0.15) is 24.2 Å². The van der Waals surface area contributed by atoms with E-state index in [1.165, 1.54) is 17.4 Å². The molecule has 0 unspecified atom stereocenters. The van der Waals surface area contributed by atoms with Crippen LogP contribution in [-0.2, 0) is 14.8 Å². The van der Waals surface area contributed by atoms with Gasteiger partial charge in [-0.3, -0.25) is 9.52 Å². The lowest BCUT2D eigenvalue weighted by Crippen LogP contribution is -2.55. The lowest BCUT2D eigenvalue weighted by molar-refractivity contribution is -0.136. The van der Waals surface area contributed by atoms with Crippen LogP contribution in [0.3, 0.4) is 0 Å². The first-order valence-electron chi connectivity index (χ1n) is 11.6. The van der Waals surface area contributed by atoms with Crippen LogP contribution in [0.5, 0.6) is 0 Å². The molecule has 2 aromatic heterocycles. The number of nitrogens with one attached hydrogen (secondary N) is 1. The standard InChI is InChI=1S/C25H26FN5O3S2.3H2/c1-17-16-29(19-6-8-20(9-7-19)36(33,34)28-25-27-11-15-35-25)13-14-30(17)24(32)18(2)31-12-10-21-22(26)4-3-5-23(21)31;;;/h3-12,15,17-18H,13-14,16H2,1-2H3,(H,27,28);3*1H/t17-,18+;;;/m0.../s1. The molecule has 1 saturated heterocycles. The Kier molecular flexibility index (Phi) is 6.44. The number of piperazine rings is 1. The maximum atomic E-state index is 14.1. The summed E-state index contributed by atoms with van der Waals surface area (Å²) in [5, 5.41) is 2.52. The highest BCUT2D eigenvalue weighted by Gasteiger charge is 2.31. The average Bonchev–Trinajstić information content (AvgIpc) is 3.53. The summed E-state index contributed by atoms with van der Waals surface area (Å²) in [5.41, 5.74) is 1.59. The minimum atomic E-state index is -3.71. The van der Waals surface area contributed by atoms with E-state index in [-0.39, 0.29) is 26.9 Å². The second-order valence-electron chi connectivity index (χ2n) is 8.83. The summed E-state index contributed by atoms with van der Waals surface area (Å²) in [6.07, 6.45) is 3.30. The van der Waals surface area contributed by atoms with E-state index in [9.17, 15) is 17.6 Å². The van der Waals surface area contributed by atoms with Gasteiger partial charge in [-0.2, -0.15) is 0 Å². The van der Waals surface area contributed by atoms with Gasteiger partial charge in [0.05, 0.1) is 10.4 Å². The van der Waals surface area contributed by atoms with Crippen LogP contribution in [0.25, 0.3) is 10.9 Å². The molecule has 1 N–H and O–H groups in total. The van der Waals surface area contributed by atoms with Crippen molar-refractivity contribution in [2.45, 2.75) is 30.8 Å². The van der Waals surface area contributed by atoms with Crippen molar-refractivity contribution in [3.8, 4) is 0 Å². The summed E-state index contributed by atoms with van der Waals surface area (Å²) < 4.78 is 43.6. The van der Waals surface area contributed by atoms with Gasteiger partial charge in [-0.25, -0.2) is 17.8 Å². The first-order chi connectivity index (χ1) is 17.2. The number of amides is 1. The normalized spacial score (nSPS) is 17.4. The molecule has 2 atom stereocenters. The number of nitrogens with zero attached hydrogens (tertiary/aromatic N) is 4. The number of carbonyl (C=O) groups excluding carboxylic acids is 1. The molecule has 36 heavy (non-hydrogen) atoms. The fraction of sp³-hybridized carbons (Fsp3) is 0.280. The quantitative estimate of drug-likeness (QED) is 0.374. The minimum Gasteiger partial charge on any atom is -0.368 e. The number of carbonyl (C=O) groups is 1. The Labute approximate surface area is 217 Å². The monoisotopic (exact) mass is 533 g/mol. The molecule has 194 valence electrons. The zero-order valence-electron chi connectivity index (χ0n) is 19.8. The van der Waals surface area contributed by atoms with Crippen LogP contribution < -0.4 is 9.62 Å². The smallest absolute Gasteiger partial charge is 0.263 e. The van der Waals surface area contributed by atoms with E-state index in [2.05, 4.69) is 14.6 Å². The molecule has 4 aromatic rings. The molecule has 11 heteroatoms. The zero-order valence-corrected chi connectivity index (χ0v) is 21.5. The number of fused-ring (bicyclic) bond motifs is 1. The predicted molar refractivity (Wildman–Crippen MR) is 146 cm³/mol. The molecule has 1 aliphatic rings. The van der Waals surface area contributed by atoms with Crippen molar-refractivity contribution in [1.82, 2.24) is 14.5 Å². The van der Waals surface area contributed by atoms with Gasteiger partial charge >= 0.3 is 0 Å². The highest BCUT2D eigenvalue weighted by Crippen LogP contribution is 2.27. The summed E-state index contributed by atoms with van der Waals surface area (Å²) >= 11 is 1.22. The van der Waals surface area contributed by atoms with Gasteiger partial charge in [0, 0.05) is 58.8 Å². The predicted octanol–water partition coefficient (Wildman–Crippen LogP) is 5.07. The molecule has 8 nitrogen and oxygen atoms in total. The van der Waals surface area contributed by atoms with Crippen LogP contribution in [0, 0.1) is 5.82 Å². The first-order valence-corrected chi connectivity index (χ1v) is 13.9. The highest BCUT2D eigenvalue weighted by atomic mass is 32.2. The van der Waals surface area contributed by atoms with Crippen LogP contribution in [0.4, 0.5) is 15.2 Å². The first kappa shape index (κ1) is 24.3. The Morgan fingerprint density at radius 2 is 1.97 bits per heavy atom. The van der Waals surface area contributed by atoms with Crippen molar-refractivity contribution in [2.24, 2.45) is 0 Å². The van der Waals surface area contributed by atoms with Gasteiger partial charge < -0.3 is 14.4 Å². The third kappa shape index (κ3) is 4.56. The Morgan fingerprint density at radius 1 is 1.19 bits per heavy atom. The van der Waals surface area contributed by atoms with Gasteiger partial charge in [0.25, 0.3) is 10.0 Å². The molecule has 1 amide bonds. The molecule has 0 spiro atoms. The summed E-state index contributed by atoms with van der Waals surface area (Å²) in [7, 11) is -3.71. The van der Waals surface area contributed by atoms with Crippen molar-refractivity contribution in [3.63, 3.8) is 0 Å². The van der Waals surface area contributed by atoms with Crippen LogP contribution >= 0.6 is 11.3 Å². The van der Waals surface area contributed by atoms with E-state index in [0.29, 0.717) is 35.7 Å². The molecular weight excluding hydrogens is 501 g/mol. The van der Waals surface area contributed by atoms with Crippen LogP contribution in [-0.4, -0.2) is 54.5 Å². The van der Waals surface area contributed by atoms with E-state index < -0.39 is 16.1 Å². The Balaban J connectivity index is 0.00000178. The van der Waals surface area contributed by atoms with E-state index in [0.717, 1.165) is 5.69 Å². The van der Waals surface area contributed by atoms with Gasteiger partial charge in [0.2, 0.25) is 5.91 Å². The zero-order chi connectivity index (χ0) is 25.4. The average molecular weight is 534 g/mol. The highest BCUT2D eigenvalue weighted by molar-refractivity contribution is 7.93. The Hall–Kier alpha value is -3.44. The van der Waals surface area contributed by atoms with Gasteiger partial charge in [-0.15, -0.1) is 11.3 Å². The van der Waals surface area contributed by atoms with Crippen molar-refractivity contribution in [1.29, 1.82) is 0 Å². The molecule has 0 radical (unpaired) electrons. The van der Waals surface area contributed by atoms with Gasteiger partial charge in [-0.1, -0.05) is 6.07 Å². The molecule has 1 aliphatic heterocycles. The molecule has 0 aliphatic carbocycles. The molecule has 0 saturated carbocycles. The number of halogens is 1. The van der Waals surface area contributed by atoms with Crippen molar-refractivity contribution >= 4 is 49.0 Å². The number of hydrogen-bond acceptors (Lipinski definition) is 6. The topological polar surface area (TPSA) is 87.5 Å². The van der Waals surface area contributed by atoms with E-state index in [1.807, 2.05) is 29.4 Å². The van der Waals surface area contributed by atoms with E-state index in [1.54, 1.807) is 54.2 Å².